The molecule has 5 rings (SSSR count). The fourth-order valence-corrected chi connectivity index (χ4v) is 5.50. The molecule has 1 aromatic heterocycles. The maximum Gasteiger partial charge on any atom is 0.435 e. The van der Waals surface area contributed by atoms with Crippen LogP contribution in [0.2, 0.25) is 10.0 Å². The number of carbonyl (C=O) groups excluding carboxylic acids is 1. The van der Waals surface area contributed by atoms with E-state index in [1.807, 2.05) is 0 Å². The van der Waals surface area contributed by atoms with Crippen LogP contribution in [-0.4, -0.2) is 42.1 Å². The average molecular weight is 506 g/mol. The summed E-state index contributed by atoms with van der Waals surface area (Å²) >= 11 is 13.2. The zero-order valence-corrected chi connectivity index (χ0v) is 18.7. The highest BCUT2D eigenvalue weighted by molar-refractivity contribution is 7.14. The molecule has 1 unspecified atom stereocenters. The second-order valence-corrected chi connectivity index (χ2v) is 9.89. The Morgan fingerprint density at radius 3 is 2.50 bits per heavy atom. The molecule has 32 heavy (non-hydrogen) atoms. The van der Waals surface area contributed by atoms with Crippen LogP contribution in [0, 0.1) is 0 Å². The number of hydrogen-bond acceptors (Lipinski definition) is 6. The van der Waals surface area contributed by atoms with Crippen molar-refractivity contribution in [3.8, 4) is 0 Å². The lowest BCUT2D eigenvalue weighted by Gasteiger charge is -2.30. The summed E-state index contributed by atoms with van der Waals surface area (Å²) in [5.41, 5.74) is -1.97. The first-order chi connectivity index (χ1) is 15.1. The van der Waals surface area contributed by atoms with E-state index in [0.29, 0.717) is 31.2 Å². The third-order valence-electron chi connectivity index (χ3n) is 5.66. The minimum atomic E-state index is -4.74. The van der Waals surface area contributed by atoms with Gasteiger partial charge >= 0.3 is 6.18 Å². The van der Waals surface area contributed by atoms with Gasteiger partial charge < -0.3 is 19.8 Å². The van der Waals surface area contributed by atoms with E-state index in [4.69, 9.17) is 32.8 Å². The zero-order chi connectivity index (χ0) is 22.7. The van der Waals surface area contributed by atoms with Gasteiger partial charge in [0.15, 0.2) is 0 Å². The molecule has 0 bridgehead atoms. The second-order valence-electron chi connectivity index (χ2n) is 7.88. The fraction of sp³-hybridized carbons (Fsp3) is 0.400. The molecular weight excluding hydrogens is 490 g/mol. The summed E-state index contributed by atoms with van der Waals surface area (Å²) in [5.74, 6) is 0.0131. The standard InChI is InChI=1S/C20H16Cl2F3N3O3S/c21-12-2-11(3-13(22)4-12)19(20(23,24)25)5-17(27-31-19)28-6-10-1-15(32-16(10)7-28)18(29)26-14-8-30-9-14/h1-4,14H,5-9H2,(H,26,29). The average Bonchev–Trinajstić information content (AvgIpc) is 3.35. The number of carbonyl (C=O) groups is 1. The molecule has 1 fully saturated rings. The van der Waals surface area contributed by atoms with Crippen LogP contribution >= 0.6 is 34.5 Å². The number of nitrogens with zero attached hydrogens (tertiary/aromatic N) is 2. The molecule has 1 aromatic carbocycles. The van der Waals surface area contributed by atoms with E-state index >= 15 is 0 Å². The van der Waals surface area contributed by atoms with Gasteiger partial charge in [-0.2, -0.15) is 13.2 Å². The fourth-order valence-electron chi connectivity index (χ4n) is 3.88. The molecule has 3 aliphatic heterocycles. The Bertz CT molecular complexity index is 1080. The number of hydrogen-bond donors (Lipinski definition) is 1. The lowest BCUT2D eigenvalue weighted by molar-refractivity contribution is -0.275. The van der Waals surface area contributed by atoms with Crippen LogP contribution in [0.1, 0.15) is 32.1 Å². The van der Waals surface area contributed by atoms with E-state index in [0.717, 1.165) is 10.4 Å². The highest BCUT2D eigenvalue weighted by Crippen LogP contribution is 2.50. The van der Waals surface area contributed by atoms with Gasteiger partial charge in [-0.15, -0.1) is 11.3 Å². The number of benzene rings is 1. The quantitative estimate of drug-likeness (QED) is 0.657. The SMILES string of the molecule is O=C(NC1COC1)c1cc2c(s1)CN(C1=NOC(c3cc(Cl)cc(Cl)c3)(C(F)(F)F)C1)C2. The molecule has 1 amide bonds. The Morgan fingerprint density at radius 2 is 1.91 bits per heavy atom. The third kappa shape index (κ3) is 3.72. The smallest absolute Gasteiger partial charge is 0.377 e. The molecule has 0 spiro atoms. The van der Waals surface area contributed by atoms with Crippen molar-refractivity contribution in [1.29, 1.82) is 0 Å². The first kappa shape index (κ1) is 21.8. The molecule has 12 heteroatoms. The number of nitrogens with one attached hydrogen (secondary N) is 1. The molecule has 0 aliphatic carbocycles. The van der Waals surface area contributed by atoms with Gasteiger partial charge in [0.25, 0.3) is 11.5 Å². The molecule has 170 valence electrons. The summed E-state index contributed by atoms with van der Waals surface area (Å²) in [6.45, 7) is 1.71. The van der Waals surface area contributed by atoms with Gasteiger partial charge in [0.05, 0.1) is 37.1 Å². The van der Waals surface area contributed by atoms with Crippen molar-refractivity contribution in [3.05, 3.63) is 55.2 Å². The zero-order valence-electron chi connectivity index (χ0n) is 16.3. The predicted octanol–water partition coefficient (Wildman–Crippen LogP) is 4.69. The van der Waals surface area contributed by atoms with Crippen molar-refractivity contribution >= 4 is 46.3 Å². The Kier molecular flexibility index (Phi) is 5.31. The van der Waals surface area contributed by atoms with E-state index < -0.39 is 18.2 Å². The maximum atomic E-state index is 14.2. The Hall–Kier alpha value is -2.01. The predicted molar refractivity (Wildman–Crippen MR) is 113 cm³/mol. The summed E-state index contributed by atoms with van der Waals surface area (Å²) in [6.07, 6.45) is -5.25. The van der Waals surface area contributed by atoms with Crippen molar-refractivity contribution in [3.63, 3.8) is 0 Å². The number of ether oxygens (including phenoxy) is 1. The molecule has 1 atom stereocenters. The largest absolute Gasteiger partial charge is 0.435 e. The highest BCUT2D eigenvalue weighted by atomic mass is 35.5. The summed E-state index contributed by atoms with van der Waals surface area (Å²) in [5, 5.41) is 6.84. The monoisotopic (exact) mass is 505 g/mol. The van der Waals surface area contributed by atoms with E-state index in [1.165, 1.54) is 29.5 Å². The topological polar surface area (TPSA) is 63.2 Å². The number of rotatable bonds is 3. The highest BCUT2D eigenvalue weighted by Gasteiger charge is 2.63. The van der Waals surface area contributed by atoms with Gasteiger partial charge in [0, 0.05) is 27.0 Å². The molecule has 1 saturated heterocycles. The Labute approximate surface area is 194 Å². The van der Waals surface area contributed by atoms with Crippen LogP contribution in [0.15, 0.2) is 29.4 Å². The Balaban J connectivity index is 1.32. The molecule has 4 heterocycles. The minimum Gasteiger partial charge on any atom is -0.377 e. The van der Waals surface area contributed by atoms with Gasteiger partial charge in [0.1, 0.15) is 5.84 Å². The number of amides is 1. The van der Waals surface area contributed by atoms with Gasteiger partial charge in [-0.1, -0.05) is 28.4 Å². The van der Waals surface area contributed by atoms with E-state index in [-0.39, 0.29) is 33.4 Å². The van der Waals surface area contributed by atoms with Gasteiger partial charge in [-0.05, 0) is 29.8 Å². The van der Waals surface area contributed by atoms with Crippen LogP contribution in [0.4, 0.5) is 13.2 Å². The number of fused-ring (bicyclic) bond motifs is 1. The van der Waals surface area contributed by atoms with Crippen molar-refractivity contribution in [1.82, 2.24) is 10.2 Å². The lowest BCUT2D eigenvalue weighted by Crippen LogP contribution is -2.48. The van der Waals surface area contributed by atoms with Crippen molar-refractivity contribution in [2.75, 3.05) is 13.2 Å². The number of amidine groups is 1. The van der Waals surface area contributed by atoms with Crippen molar-refractivity contribution in [2.45, 2.75) is 37.3 Å². The summed E-state index contributed by atoms with van der Waals surface area (Å²) in [6, 6.07) is 5.55. The van der Waals surface area contributed by atoms with Gasteiger partial charge in [-0.25, -0.2) is 0 Å². The molecule has 6 nitrogen and oxygen atoms in total. The minimum absolute atomic E-state index is 0.0245. The lowest BCUT2D eigenvalue weighted by atomic mass is 9.89. The van der Waals surface area contributed by atoms with E-state index in [2.05, 4.69) is 10.5 Å². The van der Waals surface area contributed by atoms with Gasteiger partial charge in [0.2, 0.25) is 0 Å². The van der Waals surface area contributed by atoms with E-state index in [1.54, 1.807) is 11.0 Å². The van der Waals surface area contributed by atoms with Gasteiger partial charge in [-0.3, -0.25) is 4.79 Å². The maximum absolute atomic E-state index is 14.2. The summed E-state index contributed by atoms with van der Waals surface area (Å²) < 4.78 is 47.5. The van der Waals surface area contributed by atoms with Crippen LogP contribution in [0.5, 0.6) is 0 Å². The molecule has 0 radical (unpaired) electrons. The number of halogens is 5. The normalized spacial score (nSPS) is 22.9. The van der Waals surface area contributed by atoms with Crippen LogP contribution in [-0.2, 0) is 28.3 Å². The van der Waals surface area contributed by atoms with Crippen LogP contribution in [0.25, 0.3) is 0 Å². The summed E-state index contributed by atoms with van der Waals surface area (Å²) in [4.78, 5) is 20.6. The van der Waals surface area contributed by atoms with Crippen LogP contribution < -0.4 is 5.32 Å². The second kappa shape index (κ2) is 7.79. The number of thiophene rings is 1. The molecular formula is C20H16Cl2F3N3O3S. The number of alkyl halides is 3. The summed E-state index contributed by atoms with van der Waals surface area (Å²) in [7, 11) is 0. The molecule has 3 aliphatic rings. The van der Waals surface area contributed by atoms with Crippen LogP contribution in [0.3, 0.4) is 0 Å². The number of oxime groups is 1. The Morgan fingerprint density at radius 1 is 1.19 bits per heavy atom. The third-order valence-corrected chi connectivity index (χ3v) is 7.25. The molecule has 1 N–H and O–H groups in total. The van der Waals surface area contributed by atoms with Crippen molar-refractivity contribution < 1.29 is 27.5 Å². The van der Waals surface area contributed by atoms with E-state index in [9.17, 15) is 18.0 Å². The van der Waals surface area contributed by atoms with Crippen molar-refractivity contribution in [2.24, 2.45) is 5.16 Å². The molecule has 0 saturated carbocycles. The first-order valence-corrected chi connectivity index (χ1v) is 11.3. The first-order valence-electron chi connectivity index (χ1n) is 9.68. The molecule has 2 aromatic rings.